The van der Waals surface area contributed by atoms with Crippen LogP contribution in [0.3, 0.4) is 0 Å². The number of carbonyl (C=O) groups excluding carboxylic acids is 1. The van der Waals surface area contributed by atoms with E-state index in [9.17, 15) is 4.79 Å². The van der Waals surface area contributed by atoms with Crippen molar-refractivity contribution >= 4 is 11.6 Å². The lowest BCUT2D eigenvalue weighted by molar-refractivity contribution is -0.119. The zero-order valence-electron chi connectivity index (χ0n) is 10.8. The topological polar surface area (TPSA) is 71.8 Å². The quantitative estimate of drug-likeness (QED) is 0.818. The Labute approximate surface area is 111 Å². The lowest BCUT2D eigenvalue weighted by atomic mass is 10.3. The molecule has 0 bridgehead atoms. The summed E-state index contributed by atoms with van der Waals surface area (Å²) in [5.41, 5.74) is 1.77. The normalized spacial score (nSPS) is 10.2. The van der Waals surface area contributed by atoms with Gasteiger partial charge in [-0.05, 0) is 30.7 Å². The Morgan fingerprint density at radius 3 is 2.53 bits per heavy atom. The highest BCUT2D eigenvalue weighted by Gasteiger charge is 2.01. The molecule has 0 fully saturated rings. The first kappa shape index (κ1) is 13.1. The van der Waals surface area contributed by atoms with Crippen LogP contribution < -0.4 is 10.6 Å². The monoisotopic (exact) mass is 259 g/mol. The van der Waals surface area contributed by atoms with Gasteiger partial charge in [0.1, 0.15) is 0 Å². The zero-order chi connectivity index (χ0) is 13.5. The molecule has 1 heterocycles. The molecule has 0 aliphatic carbocycles. The molecule has 2 N–H and O–H groups in total. The highest BCUT2D eigenvalue weighted by Crippen LogP contribution is 2.11. The minimum Gasteiger partial charge on any atom is -0.376 e. The van der Waals surface area contributed by atoms with Crippen LogP contribution in [0.1, 0.15) is 13.3 Å². The van der Waals surface area contributed by atoms with E-state index in [0.29, 0.717) is 6.54 Å². The number of benzene rings is 1. The van der Waals surface area contributed by atoms with Crippen LogP contribution in [-0.4, -0.2) is 34.0 Å². The fourth-order valence-corrected chi connectivity index (χ4v) is 1.57. The maximum absolute atomic E-state index is 11.4. The first-order valence-electron chi connectivity index (χ1n) is 6.27. The number of anilines is 1. The van der Waals surface area contributed by atoms with Crippen LogP contribution in [0.4, 0.5) is 5.69 Å². The molecular formula is C13H17N5O. The second-order valence-corrected chi connectivity index (χ2v) is 4.07. The molecule has 0 aliphatic heterocycles. The van der Waals surface area contributed by atoms with Crippen LogP contribution >= 0.6 is 0 Å². The van der Waals surface area contributed by atoms with Gasteiger partial charge < -0.3 is 10.6 Å². The summed E-state index contributed by atoms with van der Waals surface area (Å²) in [6.45, 7) is 3.01. The van der Waals surface area contributed by atoms with Crippen LogP contribution in [0.2, 0.25) is 0 Å². The minimum absolute atomic E-state index is 0.000306. The number of aromatic nitrogens is 3. The Kier molecular flexibility index (Phi) is 4.49. The summed E-state index contributed by atoms with van der Waals surface area (Å²) >= 11 is 0. The third kappa shape index (κ3) is 3.80. The van der Waals surface area contributed by atoms with Crippen LogP contribution in [-0.2, 0) is 4.79 Å². The molecule has 0 radical (unpaired) electrons. The molecule has 6 heteroatoms. The van der Waals surface area contributed by atoms with Crippen molar-refractivity contribution in [2.75, 3.05) is 18.4 Å². The fraction of sp³-hybridized carbons (Fsp3) is 0.308. The van der Waals surface area contributed by atoms with Gasteiger partial charge in [0.15, 0.2) is 0 Å². The molecule has 0 unspecified atom stereocenters. The molecule has 0 atom stereocenters. The van der Waals surface area contributed by atoms with Crippen LogP contribution in [0, 0.1) is 0 Å². The van der Waals surface area contributed by atoms with E-state index in [1.54, 1.807) is 12.4 Å². The molecule has 1 amide bonds. The Bertz CT molecular complexity index is 506. The van der Waals surface area contributed by atoms with E-state index in [-0.39, 0.29) is 12.5 Å². The van der Waals surface area contributed by atoms with Crippen molar-refractivity contribution in [3.05, 3.63) is 36.7 Å². The summed E-state index contributed by atoms with van der Waals surface area (Å²) in [6.07, 6.45) is 4.20. The Morgan fingerprint density at radius 1 is 1.21 bits per heavy atom. The summed E-state index contributed by atoms with van der Waals surface area (Å²) in [7, 11) is 0. The van der Waals surface area contributed by atoms with Gasteiger partial charge in [-0.3, -0.25) is 4.79 Å². The Hall–Kier alpha value is -2.37. The van der Waals surface area contributed by atoms with E-state index in [0.717, 1.165) is 17.8 Å². The van der Waals surface area contributed by atoms with E-state index < -0.39 is 0 Å². The molecule has 0 saturated carbocycles. The largest absolute Gasteiger partial charge is 0.376 e. The van der Waals surface area contributed by atoms with Gasteiger partial charge in [0.05, 0.1) is 24.6 Å². The Balaban J connectivity index is 1.87. The molecule has 6 nitrogen and oxygen atoms in total. The minimum atomic E-state index is -0.000306. The number of carbonyl (C=O) groups is 1. The van der Waals surface area contributed by atoms with Crippen LogP contribution in [0.25, 0.3) is 5.69 Å². The number of hydrogen-bond acceptors (Lipinski definition) is 4. The van der Waals surface area contributed by atoms with Gasteiger partial charge in [-0.1, -0.05) is 6.92 Å². The number of amides is 1. The van der Waals surface area contributed by atoms with Crippen molar-refractivity contribution in [1.82, 2.24) is 20.3 Å². The first-order valence-corrected chi connectivity index (χ1v) is 6.27. The lowest BCUT2D eigenvalue weighted by Crippen LogP contribution is -2.30. The lowest BCUT2D eigenvalue weighted by Gasteiger charge is -2.07. The summed E-state index contributed by atoms with van der Waals surface area (Å²) in [4.78, 5) is 13.0. The SMILES string of the molecule is CCCNC(=O)CNc1ccc(-n2nccn2)cc1. The smallest absolute Gasteiger partial charge is 0.239 e. The second-order valence-electron chi connectivity index (χ2n) is 4.07. The van der Waals surface area contributed by atoms with E-state index >= 15 is 0 Å². The van der Waals surface area contributed by atoms with Crippen molar-refractivity contribution in [2.24, 2.45) is 0 Å². The van der Waals surface area contributed by atoms with Gasteiger partial charge in [0.25, 0.3) is 0 Å². The van der Waals surface area contributed by atoms with Gasteiger partial charge in [0.2, 0.25) is 5.91 Å². The number of rotatable bonds is 6. The van der Waals surface area contributed by atoms with E-state index in [4.69, 9.17) is 0 Å². The predicted octanol–water partition coefficient (Wildman–Crippen LogP) is 1.21. The average Bonchev–Trinajstić information content (AvgIpc) is 2.97. The third-order valence-electron chi connectivity index (χ3n) is 2.54. The number of nitrogens with one attached hydrogen (secondary N) is 2. The fourth-order valence-electron chi connectivity index (χ4n) is 1.57. The van der Waals surface area contributed by atoms with Gasteiger partial charge >= 0.3 is 0 Å². The molecule has 0 spiro atoms. The van der Waals surface area contributed by atoms with E-state index in [2.05, 4.69) is 20.8 Å². The van der Waals surface area contributed by atoms with E-state index in [1.165, 1.54) is 4.80 Å². The van der Waals surface area contributed by atoms with Crippen molar-refractivity contribution in [2.45, 2.75) is 13.3 Å². The van der Waals surface area contributed by atoms with Crippen LogP contribution in [0.5, 0.6) is 0 Å². The van der Waals surface area contributed by atoms with Crippen LogP contribution in [0.15, 0.2) is 36.7 Å². The second kappa shape index (κ2) is 6.53. The molecule has 1 aromatic heterocycles. The molecule has 2 aromatic rings. The summed E-state index contributed by atoms with van der Waals surface area (Å²) in [6, 6.07) is 7.58. The molecule has 100 valence electrons. The third-order valence-corrected chi connectivity index (χ3v) is 2.54. The summed E-state index contributed by atoms with van der Waals surface area (Å²) in [5, 5.41) is 14.0. The first-order chi connectivity index (χ1) is 9.29. The van der Waals surface area contributed by atoms with Crippen molar-refractivity contribution in [3.63, 3.8) is 0 Å². The van der Waals surface area contributed by atoms with Gasteiger partial charge in [0, 0.05) is 12.2 Å². The molecule has 0 saturated heterocycles. The van der Waals surface area contributed by atoms with Crippen molar-refractivity contribution < 1.29 is 4.79 Å². The molecule has 2 rings (SSSR count). The molecule has 0 aliphatic rings. The molecule has 1 aromatic carbocycles. The maximum Gasteiger partial charge on any atom is 0.239 e. The zero-order valence-corrected chi connectivity index (χ0v) is 10.8. The average molecular weight is 259 g/mol. The maximum atomic E-state index is 11.4. The van der Waals surface area contributed by atoms with Crippen molar-refractivity contribution in [1.29, 1.82) is 0 Å². The highest BCUT2D eigenvalue weighted by molar-refractivity contribution is 5.80. The van der Waals surface area contributed by atoms with Gasteiger partial charge in [-0.25, -0.2) is 0 Å². The number of hydrogen-bond donors (Lipinski definition) is 2. The van der Waals surface area contributed by atoms with E-state index in [1.807, 2.05) is 31.2 Å². The van der Waals surface area contributed by atoms with Gasteiger partial charge in [-0.2, -0.15) is 15.0 Å². The predicted molar refractivity (Wildman–Crippen MR) is 73.1 cm³/mol. The number of nitrogens with zero attached hydrogens (tertiary/aromatic N) is 3. The standard InChI is InChI=1S/C13H17N5O/c1-2-7-14-13(19)10-15-11-3-5-12(6-4-11)18-16-8-9-17-18/h3-6,8-9,15H,2,7,10H2,1H3,(H,14,19). The highest BCUT2D eigenvalue weighted by atomic mass is 16.1. The molecular weight excluding hydrogens is 242 g/mol. The Morgan fingerprint density at radius 2 is 1.89 bits per heavy atom. The summed E-state index contributed by atoms with van der Waals surface area (Å²) in [5.74, 6) is -0.000306. The van der Waals surface area contributed by atoms with Gasteiger partial charge in [-0.15, -0.1) is 0 Å². The van der Waals surface area contributed by atoms with Crippen molar-refractivity contribution in [3.8, 4) is 5.69 Å². The summed E-state index contributed by atoms with van der Waals surface area (Å²) < 4.78 is 0. The molecule has 19 heavy (non-hydrogen) atoms.